The number of rotatable bonds is 4. The van der Waals surface area contributed by atoms with E-state index in [0.29, 0.717) is 5.75 Å². The van der Waals surface area contributed by atoms with E-state index < -0.39 is 0 Å². The van der Waals surface area contributed by atoms with Crippen molar-refractivity contribution >= 4 is 28.3 Å². The second kappa shape index (κ2) is 7.65. The molecule has 0 heterocycles. The molecule has 1 N–H and O–H groups in total. The van der Waals surface area contributed by atoms with Crippen LogP contribution in [0.25, 0.3) is 0 Å². The van der Waals surface area contributed by atoms with Crippen molar-refractivity contribution in [2.45, 2.75) is 26.1 Å². The van der Waals surface area contributed by atoms with E-state index in [-0.39, 0.29) is 0 Å². The van der Waals surface area contributed by atoms with Gasteiger partial charge in [-0.2, -0.15) is 0 Å². The number of hydrogen-bond acceptors (Lipinski definition) is 3. The Morgan fingerprint density at radius 1 is 1.09 bits per heavy atom. The van der Waals surface area contributed by atoms with Gasteiger partial charge in [-0.05, 0) is 36.1 Å². The highest BCUT2D eigenvalue weighted by Gasteiger charge is 2.08. The van der Waals surface area contributed by atoms with Gasteiger partial charge in [0, 0.05) is 19.3 Å². The third kappa shape index (κ3) is 4.49. The van der Waals surface area contributed by atoms with Gasteiger partial charge < -0.3 is 10.0 Å². The predicted molar refractivity (Wildman–Crippen MR) is 99.4 cm³/mol. The molecule has 0 unspecified atom stereocenters. The number of phenolic OH excluding ortho intramolecular Hbond substituents is 1. The van der Waals surface area contributed by atoms with E-state index in [1.165, 1.54) is 11.1 Å². The third-order valence-electron chi connectivity index (χ3n) is 3.49. The van der Waals surface area contributed by atoms with Crippen LogP contribution in [0.4, 0.5) is 0 Å². The minimum Gasteiger partial charge on any atom is -0.507 e. The molecule has 2 aromatic carbocycles. The van der Waals surface area contributed by atoms with Gasteiger partial charge in [0.25, 0.3) is 0 Å². The summed E-state index contributed by atoms with van der Waals surface area (Å²) in [6, 6.07) is 14.4. The Kier molecular flexibility index (Phi) is 5.86. The molecular formula is C18H21NOS2. The highest BCUT2D eigenvalue weighted by atomic mass is 32.2. The van der Waals surface area contributed by atoms with Crippen LogP contribution in [0.3, 0.4) is 0 Å². The molecule has 0 saturated heterocycles. The zero-order valence-corrected chi connectivity index (χ0v) is 14.8. The lowest BCUT2D eigenvalue weighted by Crippen LogP contribution is -2.21. The van der Waals surface area contributed by atoms with Crippen LogP contribution in [0.1, 0.15) is 22.3 Å². The standard InChI is InChI=1S/C18H21NOS2/c1-13-9-16(10-14(2)17(13)20)12-22-18(21)19(3)11-15-7-5-4-6-8-15/h4-10,20H,11-12H2,1-3H3. The first-order chi connectivity index (χ1) is 10.5. The van der Waals surface area contributed by atoms with Crippen molar-refractivity contribution in [3.05, 3.63) is 64.7 Å². The molecule has 0 aliphatic carbocycles. The van der Waals surface area contributed by atoms with Gasteiger partial charge in [0.15, 0.2) is 0 Å². The van der Waals surface area contributed by atoms with E-state index in [1.54, 1.807) is 11.8 Å². The average molecular weight is 332 g/mol. The summed E-state index contributed by atoms with van der Waals surface area (Å²) in [7, 11) is 2.02. The molecule has 0 atom stereocenters. The summed E-state index contributed by atoms with van der Waals surface area (Å²) < 4.78 is 0.882. The van der Waals surface area contributed by atoms with Crippen molar-refractivity contribution < 1.29 is 5.11 Å². The van der Waals surface area contributed by atoms with E-state index in [1.807, 2.05) is 51.2 Å². The molecule has 22 heavy (non-hydrogen) atoms. The molecule has 0 aliphatic rings. The van der Waals surface area contributed by atoms with Gasteiger partial charge >= 0.3 is 0 Å². The third-order valence-corrected chi connectivity index (χ3v) is 5.19. The molecule has 116 valence electrons. The zero-order valence-electron chi connectivity index (χ0n) is 13.2. The summed E-state index contributed by atoms with van der Waals surface area (Å²) in [5.41, 5.74) is 4.27. The van der Waals surface area contributed by atoms with Crippen LogP contribution in [0.15, 0.2) is 42.5 Å². The van der Waals surface area contributed by atoms with Crippen molar-refractivity contribution in [2.75, 3.05) is 7.05 Å². The first kappa shape index (κ1) is 16.8. The van der Waals surface area contributed by atoms with Crippen LogP contribution in [0.5, 0.6) is 5.75 Å². The lowest BCUT2D eigenvalue weighted by atomic mass is 10.1. The Balaban J connectivity index is 1.92. The quantitative estimate of drug-likeness (QED) is 0.823. The van der Waals surface area contributed by atoms with Gasteiger partial charge in [0.2, 0.25) is 0 Å². The fraction of sp³-hybridized carbons (Fsp3) is 0.278. The lowest BCUT2D eigenvalue weighted by Gasteiger charge is -2.19. The lowest BCUT2D eigenvalue weighted by molar-refractivity contribution is 0.466. The second-order valence-electron chi connectivity index (χ2n) is 5.47. The maximum absolute atomic E-state index is 9.82. The molecule has 0 saturated carbocycles. The summed E-state index contributed by atoms with van der Waals surface area (Å²) in [6.07, 6.45) is 0. The minimum absolute atomic E-state index is 0.387. The zero-order chi connectivity index (χ0) is 16.1. The van der Waals surface area contributed by atoms with Crippen molar-refractivity contribution in [1.29, 1.82) is 0 Å². The Labute approximate surface area is 142 Å². The van der Waals surface area contributed by atoms with Crippen LogP contribution >= 0.6 is 24.0 Å². The van der Waals surface area contributed by atoms with E-state index >= 15 is 0 Å². The monoisotopic (exact) mass is 331 g/mol. The Morgan fingerprint density at radius 3 is 2.27 bits per heavy atom. The molecule has 0 radical (unpaired) electrons. The normalized spacial score (nSPS) is 10.5. The first-order valence-electron chi connectivity index (χ1n) is 7.18. The molecule has 0 bridgehead atoms. The SMILES string of the molecule is Cc1cc(CSC(=S)N(C)Cc2ccccc2)cc(C)c1O. The number of phenols is 1. The summed E-state index contributed by atoms with van der Waals surface area (Å²) >= 11 is 7.16. The van der Waals surface area contributed by atoms with Crippen LogP contribution in [0.2, 0.25) is 0 Å². The van der Waals surface area contributed by atoms with Gasteiger partial charge in [-0.1, -0.05) is 66.4 Å². The highest BCUT2D eigenvalue weighted by Crippen LogP contribution is 2.26. The summed E-state index contributed by atoms with van der Waals surface area (Å²) in [4.78, 5) is 2.09. The molecule has 0 amide bonds. The smallest absolute Gasteiger partial charge is 0.136 e. The molecule has 4 heteroatoms. The number of thiocarbonyl (C=S) groups is 1. The fourth-order valence-corrected chi connectivity index (χ4v) is 3.29. The van der Waals surface area contributed by atoms with Crippen molar-refractivity contribution in [2.24, 2.45) is 0 Å². The number of aromatic hydroxyl groups is 1. The van der Waals surface area contributed by atoms with Crippen LogP contribution in [-0.2, 0) is 12.3 Å². The molecule has 0 aliphatic heterocycles. The molecule has 0 spiro atoms. The van der Waals surface area contributed by atoms with Gasteiger partial charge in [-0.15, -0.1) is 0 Å². The summed E-state index contributed by atoms with van der Waals surface area (Å²) in [6.45, 7) is 4.67. The van der Waals surface area contributed by atoms with E-state index in [2.05, 4.69) is 17.0 Å². The molecule has 0 fully saturated rings. The van der Waals surface area contributed by atoms with Gasteiger partial charge in [0.1, 0.15) is 10.1 Å². The topological polar surface area (TPSA) is 23.5 Å². The Bertz CT molecular complexity index is 632. The Hall–Kier alpha value is -1.52. The fourth-order valence-electron chi connectivity index (χ4n) is 2.31. The predicted octanol–water partition coefficient (Wildman–Crippen LogP) is 4.66. The number of thioether (sulfide) groups is 1. The van der Waals surface area contributed by atoms with Crippen LogP contribution in [0, 0.1) is 13.8 Å². The van der Waals surface area contributed by atoms with Crippen LogP contribution < -0.4 is 0 Å². The van der Waals surface area contributed by atoms with Gasteiger partial charge in [-0.3, -0.25) is 0 Å². The highest BCUT2D eigenvalue weighted by molar-refractivity contribution is 8.22. The van der Waals surface area contributed by atoms with E-state index in [0.717, 1.165) is 27.7 Å². The summed E-state index contributed by atoms with van der Waals surface area (Å²) in [5, 5.41) is 9.82. The maximum atomic E-state index is 9.82. The molecule has 2 aromatic rings. The molecule has 2 nitrogen and oxygen atoms in total. The van der Waals surface area contributed by atoms with Gasteiger partial charge in [0.05, 0.1) is 0 Å². The van der Waals surface area contributed by atoms with Crippen molar-refractivity contribution in [3.8, 4) is 5.75 Å². The van der Waals surface area contributed by atoms with Crippen molar-refractivity contribution in [3.63, 3.8) is 0 Å². The molecule has 0 aromatic heterocycles. The molecular weight excluding hydrogens is 310 g/mol. The van der Waals surface area contributed by atoms with Crippen LogP contribution in [-0.4, -0.2) is 21.4 Å². The molecule has 2 rings (SSSR count). The number of benzene rings is 2. The Morgan fingerprint density at radius 2 is 1.68 bits per heavy atom. The van der Waals surface area contributed by atoms with E-state index in [9.17, 15) is 5.11 Å². The maximum Gasteiger partial charge on any atom is 0.136 e. The summed E-state index contributed by atoms with van der Waals surface area (Å²) in [5.74, 6) is 1.21. The number of hydrogen-bond donors (Lipinski definition) is 1. The average Bonchev–Trinajstić information content (AvgIpc) is 2.51. The van der Waals surface area contributed by atoms with E-state index in [4.69, 9.17) is 12.2 Å². The minimum atomic E-state index is 0.387. The second-order valence-corrected chi connectivity index (χ2v) is 7.08. The van der Waals surface area contributed by atoms with Gasteiger partial charge in [-0.25, -0.2) is 0 Å². The number of nitrogens with zero attached hydrogens (tertiary/aromatic N) is 1. The first-order valence-corrected chi connectivity index (χ1v) is 8.57. The van der Waals surface area contributed by atoms with Crippen molar-refractivity contribution in [1.82, 2.24) is 4.90 Å². The number of aryl methyl sites for hydroxylation is 2. The largest absolute Gasteiger partial charge is 0.507 e.